The zero-order valence-corrected chi connectivity index (χ0v) is 17.0. The second kappa shape index (κ2) is 8.58. The fourth-order valence-corrected chi connectivity index (χ4v) is 3.54. The van der Waals surface area contributed by atoms with E-state index >= 15 is 0 Å². The van der Waals surface area contributed by atoms with Gasteiger partial charge < -0.3 is 14.2 Å². The number of aromatic nitrogens is 5. The van der Waals surface area contributed by atoms with Crippen molar-refractivity contribution in [3.63, 3.8) is 0 Å². The molecule has 5 rings (SSSR count). The number of carbonyl (C=O) groups is 1. The van der Waals surface area contributed by atoms with Crippen LogP contribution in [0.4, 0.5) is 4.39 Å². The lowest BCUT2D eigenvalue weighted by molar-refractivity contribution is -0.132. The van der Waals surface area contributed by atoms with Crippen molar-refractivity contribution in [1.29, 1.82) is 0 Å². The van der Waals surface area contributed by atoms with Crippen molar-refractivity contribution >= 4 is 5.91 Å². The molecular weight excluding hydrogens is 415 g/mol. The average Bonchev–Trinajstić information content (AvgIpc) is 3.59. The van der Waals surface area contributed by atoms with E-state index in [0.29, 0.717) is 30.4 Å². The highest BCUT2D eigenvalue weighted by Gasteiger charge is 2.29. The lowest BCUT2D eigenvalue weighted by atomic mass is 10.2. The van der Waals surface area contributed by atoms with E-state index in [4.69, 9.17) is 9.26 Å². The van der Waals surface area contributed by atoms with Gasteiger partial charge in [-0.05, 0) is 30.7 Å². The highest BCUT2D eigenvalue weighted by Crippen LogP contribution is 2.24. The van der Waals surface area contributed by atoms with Crippen LogP contribution in [0.1, 0.15) is 12.5 Å². The molecule has 0 aliphatic carbocycles. The second-order valence-corrected chi connectivity index (χ2v) is 7.40. The summed E-state index contributed by atoms with van der Waals surface area (Å²) >= 11 is 0. The Morgan fingerprint density at radius 1 is 1.16 bits per heavy atom. The maximum Gasteiger partial charge on any atom is 0.280 e. The minimum atomic E-state index is -0.352. The molecule has 2 aromatic carbocycles. The van der Waals surface area contributed by atoms with E-state index < -0.39 is 0 Å². The Hall–Kier alpha value is -4.08. The Kier molecular flexibility index (Phi) is 5.32. The van der Waals surface area contributed by atoms with Crippen LogP contribution in [0.25, 0.3) is 23.0 Å². The number of benzene rings is 2. The van der Waals surface area contributed by atoms with E-state index in [1.54, 1.807) is 15.8 Å². The van der Waals surface area contributed by atoms with Crippen LogP contribution in [0.5, 0.6) is 5.75 Å². The first-order valence-corrected chi connectivity index (χ1v) is 10.1. The van der Waals surface area contributed by atoms with E-state index in [1.807, 2.05) is 30.3 Å². The third-order valence-electron chi connectivity index (χ3n) is 5.25. The number of nitrogens with zero attached hydrogens (tertiary/aromatic N) is 6. The van der Waals surface area contributed by atoms with E-state index in [0.717, 1.165) is 12.0 Å². The molecule has 0 radical (unpaired) electrons. The topological polar surface area (TPSA) is 99.2 Å². The van der Waals surface area contributed by atoms with Crippen LogP contribution < -0.4 is 4.74 Å². The van der Waals surface area contributed by atoms with Crippen molar-refractivity contribution < 1.29 is 18.4 Å². The number of amides is 1. The zero-order chi connectivity index (χ0) is 21.9. The molecule has 0 spiro atoms. The highest BCUT2D eigenvalue weighted by molar-refractivity contribution is 5.78. The molecule has 162 valence electrons. The molecule has 1 saturated heterocycles. The summed E-state index contributed by atoms with van der Waals surface area (Å²) in [5, 5.41) is 12.3. The van der Waals surface area contributed by atoms with Gasteiger partial charge in [0.1, 0.15) is 11.6 Å². The molecule has 9 nitrogen and oxygen atoms in total. The molecule has 32 heavy (non-hydrogen) atoms. The van der Waals surface area contributed by atoms with Crippen LogP contribution in [-0.2, 0) is 4.79 Å². The lowest BCUT2D eigenvalue weighted by Gasteiger charge is -2.16. The molecule has 1 aliphatic heterocycles. The summed E-state index contributed by atoms with van der Waals surface area (Å²) in [5.41, 5.74) is 1.33. The van der Waals surface area contributed by atoms with Gasteiger partial charge in [-0.25, -0.2) is 9.07 Å². The standard InChI is InChI=1S/C22H19FN6O3/c23-16-6-8-18(9-7-16)31-14-20(30)28-11-10-17(12-28)29-13-19(25-27-29)22-24-21(26-32-22)15-4-2-1-3-5-15/h1-9,13,17H,10-12,14H2/t17-/m0/s1. The smallest absolute Gasteiger partial charge is 0.280 e. The molecule has 0 N–H and O–H groups in total. The Bertz CT molecular complexity index is 1210. The molecule has 0 bridgehead atoms. The summed E-state index contributed by atoms with van der Waals surface area (Å²) in [5.74, 6) is 0.727. The maximum atomic E-state index is 13.0. The van der Waals surface area contributed by atoms with E-state index in [2.05, 4.69) is 20.5 Å². The van der Waals surface area contributed by atoms with Crippen LogP contribution in [0.2, 0.25) is 0 Å². The van der Waals surface area contributed by atoms with E-state index in [9.17, 15) is 9.18 Å². The molecule has 1 amide bonds. The molecule has 2 aromatic heterocycles. The summed E-state index contributed by atoms with van der Waals surface area (Å²) in [6.07, 6.45) is 2.49. The number of halogens is 1. The molecule has 3 heterocycles. The molecule has 10 heteroatoms. The summed E-state index contributed by atoms with van der Waals surface area (Å²) in [6.45, 7) is 0.975. The maximum absolute atomic E-state index is 13.0. The van der Waals surface area contributed by atoms with Gasteiger partial charge >= 0.3 is 0 Å². The van der Waals surface area contributed by atoms with Gasteiger partial charge in [0.15, 0.2) is 12.3 Å². The van der Waals surface area contributed by atoms with Crippen molar-refractivity contribution in [2.75, 3.05) is 19.7 Å². The van der Waals surface area contributed by atoms with Crippen molar-refractivity contribution in [2.45, 2.75) is 12.5 Å². The highest BCUT2D eigenvalue weighted by atomic mass is 19.1. The van der Waals surface area contributed by atoms with Gasteiger partial charge in [-0.3, -0.25) is 4.79 Å². The first kappa shape index (κ1) is 19.9. The Morgan fingerprint density at radius 2 is 1.97 bits per heavy atom. The summed E-state index contributed by atoms with van der Waals surface area (Å²) in [6, 6.07) is 15.1. The van der Waals surface area contributed by atoms with Gasteiger partial charge in [0.05, 0.1) is 12.2 Å². The number of carbonyl (C=O) groups excluding carboxylic acids is 1. The van der Waals surface area contributed by atoms with Gasteiger partial charge in [-0.1, -0.05) is 40.7 Å². The molecule has 0 unspecified atom stereocenters. The molecule has 4 aromatic rings. The van der Waals surface area contributed by atoms with Crippen molar-refractivity contribution in [3.8, 4) is 28.7 Å². The molecule has 1 aliphatic rings. The summed E-state index contributed by atoms with van der Waals surface area (Å²) in [4.78, 5) is 18.6. The second-order valence-electron chi connectivity index (χ2n) is 7.40. The van der Waals surface area contributed by atoms with Crippen LogP contribution >= 0.6 is 0 Å². The Labute approximate surface area is 182 Å². The molecule has 1 fully saturated rings. The zero-order valence-electron chi connectivity index (χ0n) is 17.0. The third kappa shape index (κ3) is 4.20. The van der Waals surface area contributed by atoms with E-state index in [-0.39, 0.29) is 30.3 Å². The lowest BCUT2D eigenvalue weighted by Crippen LogP contribution is -2.33. The number of hydrogen-bond donors (Lipinski definition) is 0. The molecule has 1 atom stereocenters. The number of ether oxygens (including phenoxy) is 1. The van der Waals surface area contributed by atoms with Crippen molar-refractivity contribution in [2.24, 2.45) is 0 Å². The minimum Gasteiger partial charge on any atom is -0.484 e. The van der Waals surface area contributed by atoms with Gasteiger partial charge in [0.2, 0.25) is 5.82 Å². The monoisotopic (exact) mass is 434 g/mol. The SMILES string of the molecule is O=C(COc1ccc(F)cc1)N1CC[C@H](n2cc(-c3nc(-c4ccccc4)no3)nn2)C1. The normalized spacial score (nSPS) is 15.8. The van der Waals surface area contributed by atoms with Gasteiger partial charge in [-0.2, -0.15) is 4.98 Å². The van der Waals surface area contributed by atoms with Gasteiger partial charge in [0.25, 0.3) is 11.8 Å². The summed E-state index contributed by atoms with van der Waals surface area (Å²) < 4.78 is 25.5. The van der Waals surface area contributed by atoms with Crippen LogP contribution in [0.15, 0.2) is 65.3 Å². The predicted octanol–water partition coefficient (Wildman–Crippen LogP) is 2.99. The predicted molar refractivity (Wildman–Crippen MR) is 111 cm³/mol. The Balaban J connectivity index is 1.19. The molecule has 0 saturated carbocycles. The van der Waals surface area contributed by atoms with Crippen LogP contribution in [0.3, 0.4) is 0 Å². The van der Waals surface area contributed by atoms with Gasteiger partial charge in [0, 0.05) is 18.7 Å². The Morgan fingerprint density at radius 3 is 2.78 bits per heavy atom. The van der Waals surface area contributed by atoms with E-state index in [1.165, 1.54) is 24.3 Å². The molecular formula is C22H19FN6O3. The first-order chi connectivity index (χ1) is 15.7. The van der Waals surface area contributed by atoms with Crippen molar-refractivity contribution in [1.82, 2.24) is 30.0 Å². The van der Waals surface area contributed by atoms with Gasteiger partial charge in [-0.15, -0.1) is 5.10 Å². The van der Waals surface area contributed by atoms with Crippen molar-refractivity contribution in [3.05, 3.63) is 66.6 Å². The number of rotatable bonds is 6. The largest absolute Gasteiger partial charge is 0.484 e. The first-order valence-electron chi connectivity index (χ1n) is 10.1. The summed E-state index contributed by atoms with van der Waals surface area (Å²) in [7, 11) is 0. The third-order valence-corrected chi connectivity index (χ3v) is 5.25. The average molecular weight is 434 g/mol. The fourth-order valence-electron chi connectivity index (χ4n) is 3.54. The van der Waals surface area contributed by atoms with Crippen LogP contribution in [0, 0.1) is 5.82 Å². The fraction of sp³-hybridized carbons (Fsp3) is 0.227. The quantitative estimate of drug-likeness (QED) is 0.460. The number of likely N-dealkylation sites (tertiary alicyclic amines) is 1. The minimum absolute atomic E-state index is 0.0115. The number of hydrogen-bond acceptors (Lipinski definition) is 7. The van der Waals surface area contributed by atoms with Crippen LogP contribution in [-0.4, -0.2) is 55.6 Å².